The van der Waals surface area contributed by atoms with Crippen LogP contribution in [0.15, 0.2) is 46.5 Å². The second-order valence-corrected chi connectivity index (χ2v) is 4.27. The molecule has 1 heterocycles. The molecule has 0 aliphatic rings. The fourth-order valence-electron chi connectivity index (χ4n) is 1.38. The van der Waals surface area contributed by atoms with Gasteiger partial charge >= 0.3 is 6.03 Å². The van der Waals surface area contributed by atoms with Gasteiger partial charge in [0.05, 0.1) is 18.2 Å². The lowest BCUT2D eigenvalue weighted by atomic mass is 10.2. The first-order chi connectivity index (χ1) is 8.66. The van der Waals surface area contributed by atoms with E-state index in [1.54, 1.807) is 12.5 Å². The summed E-state index contributed by atoms with van der Waals surface area (Å²) in [5.74, 6) is 0. The number of hydrogen-bond acceptors (Lipinski definition) is 3. The third-order valence-electron chi connectivity index (χ3n) is 2.14. The molecule has 0 aliphatic heterocycles. The molecule has 2 aromatic rings. The van der Waals surface area contributed by atoms with Gasteiger partial charge in [-0.1, -0.05) is 6.07 Å². The third-order valence-corrected chi connectivity index (χ3v) is 2.78. The summed E-state index contributed by atoms with van der Waals surface area (Å²) in [5.41, 5.74) is 8.82. The Morgan fingerprint density at radius 3 is 3.00 bits per heavy atom. The highest BCUT2D eigenvalue weighted by molar-refractivity contribution is 9.10. The van der Waals surface area contributed by atoms with E-state index < -0.39 is 6.03 Å². The smallest absolute Gasteiger partial charge is 0.332 e. The maximum absolute atomic E-state index is 10.4. The highest BCUT2D eigenvalue weighted by Crippen LogP contribution is 2.21. The maximum Gasteiger partial charge on any atom is 0.332 e. The van der Waals surface area contributed by atoms with Gasteiger partial charge in [0.2, 0.25) is 0 Å². The van der Waals surface area contributed by atoms with Crippen molar-refractivity contribution in [1.82, 2.24) is 15.0 Å². The van der Waals surface area contributed by atoms with Crippen LogP contribution in [0.25, 0.3) is 5.69 Å². The van der Waals surface area contributed by atoms with Crippen molar-refractivity contribution in [2.24, 2.45) is 10.8 Å². The summed E-state index contributed by atoms with van der Waals surface area (Å²) < 4.78 is 2.77. The van der Waals surface area contributed by atoms with E-state index in [9.17, 15) is 4.79 Å². The van der Waals surface area contributed by atoms with Crippen molar-refractivity contribution in [2.45, 2.75) is 0 Å². The number of amides is 2. The van der Waals surface area contributed by atoms with Crippen LogP contribution in [0.5, 0.6) is 0 Å². The van der Waals surface area contributed by atoms with Crippen molar-refractivity contribution < 1.29 is 4.79 Å². The van der Waals surface area contributed by atoms with Gasteiger partial charge in [-0.25, -0.2) is 15.2 Å². The first-order valence-electron chi connectivity index (χ1n) is 5.03. The first kappa shape index (κ1) is 12.3. The summed E-state index contributed by atoms with van der Waals surface area (Å²) in [7, 11) is 0. The number of nitrogens with one attached hydrogen (secondary N) is 1. The van der Waals surface area contributed by atoms with Crippen LogP contribution < -0.4 is 11.2 Å². The van der Waals surface area contributed by atoms with Crippen molar-refractivity contribution >= 4 is 28.2 Å². The lowest BCUT2D eigenvalue weighted by Gasteiger charge is -2.05. The number of urea groups is 1. The van der Waals surface area contributed by atoms with Crippen molar-refractivity contribution in [3.8, 4) is 5.69 Å². The van der Waals surface area contributed by atoms with Crippen LogP contribution in [-0.2, 0) is 0 Å². The van der Waals surface area contributed by atoms with E-state index >= 15 is 0 Å². The molecular formula is C11H10BrN5O. The number of primary amides is 1. The lowest BCUT2D eigenvalue weighted by molar-refractivity contribution is 0.249. The van der Waals surface area contributed by atoms with E-state index in [-0.39, 0.29) is 0 Å². The molecule has 0 bridgehead atoms. The van der Waals surface area contributed by atoms with Crippen molar-refractivity contribution in [2.75, 3.05) is 0 Å². The van der Waals surface area contributed by atoms with Gasteiger partial charge in [-0.15, -0.1) is 0 Å². The van der Waals surface area contributed by atoms with Gasteiger partial charge in [-0.3, -0.25) is 0 Å². The Kier molecular flexibility index (Phi) is 3.73. The van der Waals surface area contributed by atoms with E-state index in [1.165, 1.54) is 6.21 Å². The molecule has 0 fully saturated rings. The number of aromatic nitrogens is 2. The van der Waals surface area contributed by atoms with Crippen LogP contribution in [0.1, 0.15) is 5.56 Å². The zero-order valence-electron chi connectivity index (χ0n) is 9.25. The molecule has 0 unspecified atom stereocenters. The molecular weight excluding hydrogens is 298 g/mol. The Morgan fingerprint density at radius 1 is 1.56 bits per heavy atom. The molecule has 92 valence electrons. The Bertz CT molecular complexity index is 579. The molecule has 0 atom stereocenters. The molecule has 0 saturated heterocycles. The summed E-state index contributed by atoms with van der Waals surface area (Å²) in [5, 5.41) is 3.69. The Labute approximate surface area is 112 Å². The van der Waals surface area contributed by atoms with E-state index in [0.717, 1.165) is 15.7 Å². The number of hydrazone groups is 1. The fraction of sp³-hybridized carbons (Fsp3) is 0. The molecule has 0 spiro atoms. The average molecular weight is 308 g/mol. The number of carbonyl (C=O) groups excluding carboxylic acids is 1. The standard InChI is InChI=1S/C11H10BrN5O/c12-9-5-8(6-15-16-11(13)18)1-2-10(9)17-4-3-14-7-17/h1-7H,(H3,13,16,18). The number of halogens is 1. The van der Waals surface area contributed by atoms with Gasteiger partial charge in [0.25, 0.3) is 0 Å². The first-order valence-corrected chi connectivity index (χ1v) is 5.82. The predicted octanol–water partition coefficient (Wildman–Crippen LogP) is 1.64. The Hall–Kier alpha value is -2.15. The second kappa shape index (κ2) is 5.46. The molecule has 1 aromatic heterocycles. The monoisotopic (exact) mass is 307 g/mol. The highest BCUT2D eigenvalue weighted by atomic mass is 79.9. The van der Waals surface area contributed by atoms with Gasteiger partial charge in [0.15, 0.2) is 0 Å². The minimum absolute atomic E-state index is 0.694. The van der Waals surface area contributed by atoms with Crippen molar-refractivity contribution in [1.29, 1.82) is 0 Å². The summed E-state index contributed by atoms with van der Waals surface area (Å²) in [4.78, 5) is 14.4. The molecule has 18 heavy (non-hydrogen) atoms. The van der Waals surface area contributed by atoms with E-state index in [4.69, 9.17) is 5.73 Å². The van der Waals surface area contributed by atoms with Gasteiger partial charge in [-0.2, -0.15) is 5.10 Å². The maximum atomic E-state index is 10.4. The third kappa shape index (κ3) is 2.95. The highest BCUT2D eigenvalue weighted by Gasteiger charge is 2.02. The molecule has 6 nitrogen and oxygen atoms in total. The lowest BCUT2D eigenvalue weighted by Crippen LogP contribution is -2.24. The van der Waals surface area contributed by atoms with E-state index in [0.29, 0.717) is 0 Å². The molecule has 0 radical (unpaired) electrons. The zero-order chi connectivity index (χ0) is 13.0. The number of rotatable bonds is 3. The largest absolute Gasteiger partial charge is 0.350 e. The average Bonchev–Trinajstić information content (AvgIpc) is 2.82. The second-order valence-electron chi connectivity index (χ2n) is 3.42. The summed E-state index contributed by atoms with van der Waals surface area (Å²) in [6.07, 6.45) is 6.77. The molecule has 2 rings (SSSR count). The Morgan fingerprint density at radius 2 is 2.39 bits per heavy atom. The molecule has 7 heteroatoms. The Balaban J connectivity index is 2.20. The molecule has 2 amide bonds. The summed E-state index contributed by atoms with van der Waals surface area (Å²) in [6, 6.07) is 4.96. The van der Waals surface area contributed by atoms with Gasteiger partial charge < -0.3 is 10.3 Å². The van der Waals surface area contributed by atoms with Crippen molar-refractivity contribution in [3.05, 3.63) is 47.0 Å². The molecule has 1 aromatic carbocycles. The van der Waals surface area contributed by atoms with Gasteiger partial charge in [0.1, 0.15) is 0 Å². The SMILES string of the molecule is NC(=O)NN=Cc1ccc(-n2ccnc2)c(Br)c1. The van der Waals surface area contributed by atoms with Crippen molar-refractivity contribution in [3.63, 3.8) is 0 Å². The summed E-state index contributed by atoms with van der Waals surface area (Å²) >= 11 is 3.47. The molecule has 3 N–H and O–H groups in total. The van der Waals surface area contributed by atoms with Gasteiger partial charge in [0, 0.05) is 16.9 Å². The fourth-order valence-corrected chi connectivity index (χ4v) is 1.99. The molecule has 0 saturated carbocycles. The number of nitrogens with zero attached hydrogens (tertiary/aromatic N) is 3. The van der Waals surface area contributed by atoms with Crippen LogP contribution in [-0.4, -0.2) is 21.8 Å². The minimum Gasteiger partial charge on any atom is -0.350 e. The predicted molar refractivity (Wildman–Crippen MR) is 71.6 cm³/mol. The quantitative estimate of drug-likeness (QED) is 0.667. The zero-order valence-corrected chi connectivity index (χ0v) is 10.8. The van der Waals surface area contributed by atoms with Crippen LogP contribution >= 0.6 is 15.9 Å². The molecule has 0 aliphatic carbocycles. The van der Waals surface area contributed by atoms with E-state index in [2.05, 4.69) is 31.4 Å². The summed E-state index contributed by atoms with van der Waals surface area (Å²) in [6.45, 7) is 0. The number of nitrogens with two attached hydrogens (primary N) is 1. The van der Waals surface area contributed by atoms with E-state index in [1.807, 2.05) is 29.0 Å². The normalized spacial score (nSPS) is 10.7. The van der Waals surface area contributed by atoms with Gasteiger partial charge in [-0.05, 0) is 33.6 Å². The van der Waals surface area contributed by atoms with Crippen LogP contribution in [0.4, 0.5) is 4.79 Å². The number of imidazole rings is 1. The number of benzene rings is 1. The number of carbonyl (C=O) groups is 1. The minimum atomic E-state index is -0.694. The van der Waals surface area contributed by atoms with Crippen LogP contribution in [0.3, 0.4) is 0 Å². The van der Waals surface area contributed by atoms with Crippen LogP contribution in [0.2, 0.25) is 0 Å². The number of hydrogen-bond donors (Lipinski definition) is 2. The topological polar surface area (TPSA) is 85.3 Å². The van der Waals surface area contributed by atoms with Crippen LogP contribution in [0, 0.1) is 0 Å².